The maximum absolute atomic E-state index is 13.6. The third kappa shape index (κ3) is 5.37. The third-order valence-electron chi connectivity index (χ3n) is 9.84. The number of hydrogen-bond acceptors (Lipinski definition) is 6. The average molecular weight is 684 g/mol. The second-order valence-corrected chi connectivity index (χ2v) is 13.8. The van der Waals surface area contributed by atoms with Crippen LogP contribution in [0.2, 0.25) is 10.0 Å². The summed E-state index contributed by atoms with van der Waals surface area (Å²) >= 11 is 14.2. The SMILES string of the molecule is Cc1cn2nc(-c3cccc(-c4cccc(-c5cc6c(=O)n(C[C@@H]7CCCN7)c(C)cn6n5)c4Cl)c3Cl)cc2c(=O)n1C[C@@H]1CCCN1. The molecule has 6 heterocycles. The summed E-state index contributed by atoms with van der Waals surface area (Å²) < 4.78 is 6.95. The first kappa shape index (κ1) is 31.1. The fourth-order valence-corrected chi connectivity index (χ4v) is 7.90. The number of nitrogens with one attached hydrogen (secondary N) is 2. The Morgan fingerprint density at radius 3 is 1.50 bits per heavy atom. The lowest BCUT2D eigenvalue weighted by atomic mass is 9.98. The van der Waals surface area contributed by atoms with Crippen LogP contribution in [-0.2, 0) is 13.1 Å². The Morgan fingerprint density at radius 2 is 1.10 bits per heavy atom. The molecule has 0 amide bonds. The molecular weight excluding hydrogens is 647 g/mol. The highest BCUT2D eigenvalue weighted by Gasteiger charge is 2.22. The van der Waals surface area contributed by atoms with E-state index in [4.69, 9.17) is 33.4 Å². The largest absolute Gasteiger partial charge is 0.312 e. The highest BCUT2D eigenvalue weighted by Crippen LogP contribution is 2.42. The van der Waals surface area contributed by atoms with Crippen molar-refractivity contribution in [2.75, 3.05) is 13.1 Å². The zero-order valence-corrected chi connectivity index (χ0v) is 28.4. The Balaban J connectivity index is 1.16. The predicted octanol–water partition coefficient (Wildman–Crippen LogP) is 5.73. The van der Waals surface area contributed by atoms with Gasteiger partial charge in [0.15, 0.2) is 0 Å². The van der Waals surface area contributed by atoms with E-state index in [1.165, 1.54) is 0 Å². The number of nitrogens with zero attached hydrogens (tertiary/aromatic N) is 6. The van der Waals surface area contributed by atoms with Gasteiger partial charge in [-0.1, -0.05) is 59.6 Å². The summed E-state index contributed by atoms with van der Waals surface area (Å²) in [7, 11) is 0. The molecule has 2 aromatic carbocycles. The lowest BCUT2D eigenvalue weighted by molar-refractivity contribution is 0.491. The standard InChI is InChI=1S/C36H36Cl2N8O2/c1-21-17-45-31(35(47)43(21)19-23-7-5-13-39-23)15-29(41-45)27-11-3-9-25(33(27)37)26-10-4-12-28(34(26)38)30-16-32-36(48)44(20-24-8-6-14-40-24)22(2)18-46(32)42-30/h3-4,9-12,15-18,23-24,39-40H,5-8,13-14,19-20H2,1-2H3/t23-,24-/m0/s1. The number of aromatic nitrogens is 6. The Kier molecular flexibility index (Phi) is 7.99. The van der Waals surface area contributed by atoms with Gasteiger partial charge in [0.05, 0.1) is 21.4 Å². The van der Waals surface area contributed by atoms with Crippen molar-refractivity contribution in [3.63, 3.8) is 0 Å². The zero-order chi connectivity index (χ0) is 33.1. The van der Waals surface area contributed by atoms with E-state index < -0.39 is 0 Å². The molecule has 246 valence electrons. The fourth-order valence-electron chi connectivity index (χ4n) is 7.25. The predicted molar refractivity (Wildman–Crippen MR) is 190 cm³/mol. The third-order valence-corrected chi connectivity index (χ3v) is 10.7. The molecule has 2 N–H and O–H groups in total. The van der Waals surface area contributed by atoms with Crippen molar-refractivity contribution in [1.82, 2.24) is 39.0 Å². The molecule has 4 aromatic heterocycles. The van der Waals surface area contributed by atoms with Crippen LogP contribution in [0, 0.1) is 13.8 Å². The van der Waals surface area contributed by atoms with Crippen LogP contribution in [0.5, 0.6) is 0 Å². The van der Waals surface area contributed by atoms with E-state index in [9.17, 15) is 9.59 Å². The number of aryl methyl sites for hydroxylation is 2. The summed E-state index contributed by atoms with van der Waals surface area (Å²) in [5, 5.41) is 17.4. The molecule has 48 heavy (non-hydrogen) atoms. The second-order valence-electron chi connectivity index (χ2n) is 13.0. The molecule has 0 saturated carbocycles. The van der Waals surface area contributed by atoms with Gasteiger partial charge in [-0.05, 0) is 64.8 Å². The summed E-state index contributed by atoms with van der Waals surface area (Å²) in [4.78, 5) is 27.1. The monoisotopic (exact) mass is 682 g/mol. The van der Waals surface area contributed by atoms with Gasteiger partial charge in [0.25, 0.3) is 11.1 Å². The van der Waals surface area contributed by atoms with Gasteiger partial charge in [-0.3, -0.25) is 9.59 Å². The van der Waals surface area contributed by atoms with Crippen molar-refractivity contribution in [3.8, 4) is 33.6 Å². The summed E-state index contributed by atoms with van der Waals surface area (Å²) in [5.74, 6) is 0. The first-order valence-corrected chi connectivity index (χ1v) is 17.3. The topological polar surface area (TPSA) is 103 Å². The minimum absolute atomic E-state index is 0.0740. The van der Waals surface area contributed by atoms with Crippen molar-refractivity contribution in [1.29, 1.82) is 0 Å². The van der Waals surface area contributed by atoms with Gasteiger partial charge < -0.3 is 19.8 Å². The first-order valence-electron chi connectivity index (χ1n) is 16.5. The van der Waals surface area contributed by atoms with Crippen LogP contribution >= 0.6 is 23.2 Å². The molecule has 0 spiro atoms. The molecule has 0 radical (unpaired) electrons. The molecule has 0 bridgehead atoms. The lowest BCUT2D eigenvalue weighted by Gasteiger charge is -2.15. The van der Waals surface area contributed by atoms with Crippen molar-refractivity contribution in [2.45, 2.75) is 64.7 Å². The molecule has 12 heteroatoms. The van der Waals surface area contributed by atoms with Crippen molar-refractivity contribution >= 4 is 34.2 Å². The van der Waals surface area contributed by atoms with E-state index in [1.54, 1.807) is 21.2 Å². The van der Waals surface area contributed by atoms with E-state index in [-0.39, 0.29) is 11.1 Å². The van der Waals surface area contributed by atoms with Crippen LogP contribution in [0.15, 0.2) is 70.5 Å². The molecule has 2 atom stereocenters. The molecule has 0 aliphatic carbocycles. The van der Waals surface area contributed by atoms with E-state index in [2.05, 4.69) is 10.6 Å². The maximum Gasteiger partial charge on any atom is 0.276 e. The summed E-state index contributed by atoms with van der Waals surface area (Å²) in [6.07, 6.45) is 8.15. The van der Waals surface area contributed by atoms with Gasteiger partial charge in [-0.25, -0.2) is 9.03 Å². The van der Waals surface area contributed by atoms with E-state index in [0.29, 0.717) is 68.8 Å². The van der Waals surface area contributed by atoms with Crippen LogP contribution in [0.1, 0.15) is 37.1 Å². The summed E-state index contributed by atoms with van der Waals surface area (Å²) in [5.41, 5.74) is 6.59. The van der Waals surface area contributed by atoms with Gasteiger partial charge in [-0.15, -0.1) is 0 Å². The molecule has 2 fully saturated rings. The summed E-state index contributed by atoms with van der Waals surface area (Å²) in [6.45, 7) is 7.11. The highest BCUT2D eigenvalue weighted by atomic mass is 35.5. The average Bonchev–Trinajstić information content (AvgIpc) is 3.90. The Hall–Kier alpha value is -4.22. The smallest absolute Gasteiger partial charge is 0.276 e. The first-order chi connectivity index (χ1) is 23.3. The molecule has 10 nitrogen and oxygen atoms in total. The van der Waals surface area contributed by atoms with Crippen LogP contribution in [0.3, 0.4) is 0 Å². The molecule has 8 rings (SSSR count). The Labute approximate surface area is 286 Å². The van der Waals surface area contributed by atoms with E-state index >= 15 is 0 Å². The number of rotatable bonds is 7. The second kappa shape index (κ2) is 12.3. The van der Waals surface area contributed by atoms with Gasteiger partial charge in [0, 0.05) is 71.2 Å². The molecule has 2 aliphatic heterocycles. The van der Waals surface area contributed by atoms with Gasteiger partial charge >= 0.3 is 0 Å². The van der Waals surface area contributed by atoms with Gasteiger partial charge in [-0.2, -0.15) is 10.2 Å². The number of benzene rings is 2. The molecule has 0 unspecified atom stereocenters. The minimum Gasteiger partial charge on any atom is -0.312 e. The number of halogens is 2. The van der Waals surface area contributed by atoms with Crippen molar-refractivity contribution < 1.29 is 0 Å². The molecular formula is C36H36Cl2N8O2. The van der Waals surface area contributed by atoms with Crippen LogP contribution in [0.4, 0.5) is 0 Å². The Morgan fingerprint density at radius 1 is 0.688 bits per heavy atom. The lowest BCUT2D eigenvalue weighted by Crippen LogP contribution is -2.34. The van der Waals surface area contributed by atoms with E-state index in [1.807, 2.05) is 71.8 Å². The normalized spacial score (nSPS) is 18.1. The van der Waals surface area contributed by atoms with Crippen LogP contribution < -0.4 is 21.8 Å². The van der Waals surface area contributed by atoms with E-state index in [0.717, 1.165) is 61.3 Å². The molecule has 2 saturated heterocycles. The quantitative estimate of drug-likeness (QED) is 0.223. The van der Waals surface area contributed by atoms with Gasteiger partial charge in [0.2, 0.25) is 0 Å². The number of fused-ring (bicyclic) bond motifs is 2. The minimum atomic E-state index is -0.0740. The molecule has 6 aromatic rings. The maximum atomic E-state index is 13.6. The van der Waals surface area contributed by atoms with Crippen molar-refractivity contribution in [3.05, 3.63) is 103 Å². The molecule has 2 aliphatic rings. The highest BCUT2D eigenvalue weighted by molar-refractivity contribution is 6.39. The Bertz CT molecular complexity index is 2160. The number of hydrogen-bond donors (Lipinski definition) is 2. The van der Waals surface area contributed by atoms with Crippen LogP contribution in [-0.4, -0.2) is 53.5 Å². The van der Waals surface area contributed by atoms with Crippen molar-refractivity contribution in [2.24, 2.45) is 0 Å². The van der Waals surface area contributed by atoms with Gasteiger partial charge in [0.1, 0.15) is 11.0 Å². The fraction of sp³-hybridized carbons (Fsp3) is 0.333. The van der Waals surface area contributed by atoms with Crippen LogP contribution in [0.25, 0.3) is 44.7 Å². The summed E-state index contributed by atoms with van der Waals surface area (Å²) in [6, 6.07) is 15.6. The zero-order valence-electron chi connectivity index (χ0n) is 26.8.